The number of nitrogens with zero attached hydrogens (tertiary/aromatic N) is 1. The minimum Gasteiger partial charge on any atom is -0.469 e. The summed E-state index contributed by atoms with van der Waals surface area (Å²) in [6.07, 6.45) is 1.60. The van der Waals surface area contributed by atoms with Gasteiger partial charge >= 0.3 is 0 Å². The molecule has 1 heterocycles. The van der Waals surface area contributed by atoms with Crippen LogP contribution in [0.1, 0.15) is 11.3 Å². The highest BCUT2D eigenvalue weighted by Gasteiger charge is 2.08. The Morgan fingerprint density at radius 2 is 2.18 bits per heavy atom. The predicted molar refractivity (Wildman–Crippen MR) is 44.0 cm³/mol. The van der Waals surface area contributed by atoms with Gasteiger partial charge in [0.25, 0.3) is 0 Å². The van der Waals surface area contributed by atoms with Gasteiger partial charge in [-0.1, -0.05) is 0 Å². The SMILES string of the molecule is Cc1occc1C(=N)N(C)C. The molecule has 0 atom stereocenters. The first kappa shape index (κ1) is 7.85. The second kappa shape index (κ2) is 2.78. The number of nitrogens with one attached hydrogen (secondary N) is 1. The fourth-order valence-corrected chi connectivity index (χ4v) is 0.872. The van der Waals surface area contributed by atoms with Gasteiger partial charge < -0.3 is 9.32 Å². The highest BCUT2D eigenvalue weighted by molar-refractivity contribution is 5.96. The second-order valence-electron chi connectivity index (χ2n) is 2.63. The average Bonchev–Trinajstić information content (AvgIpc) is 2.33. The van der Waals surface area contributed by atoms with Gasteiger partial charge in [-0.25, -0.2) is 0 Å². The Hall–Kier alpha value is -1.25. The van der Waals surface area contributed by atoms with Gasteiger partial charge in [0, 0.05) is 14.1 Å². The summed E-state index contributed by atoms with van der Waals surface area (Å²) in [5, 5.41) is 7.61. The fourth-order valence-electron chi connectivity index (χ4n) is 0.872. The largest absolute Gasteiger partial charge is 0.469 e. The molecule has 1 aromatic rings. The van der Waals surface area contributed by atoms with Gasteiger partial charge in [-0.05, 0) is 13.0 Å². The summed E-state index contributed by atoms with van der Waals surface area (Å²) in [6.45, 7) is 1.85. The van der Waals surface area contributed by atoms with Crippen LogP contribution in [-0.2, 0) is 0 Å². The number of rotatable bonds is 1. The zero-order chi connectivity index (χ0) is 8.43. The molecule has 1 aromatic heterocycles. The Balaban J connectivity index is 2.93. The fraction of sp³-hybridized carbons (Fsp3) is 0.375. The van der Waals surface area contributed by atoms with Gasteiger partial charge in [0.1, 0.15) is 11.6 Å². The molecule has 0 spiro atoms. The molecule has 3 heteroatoms. The Bertz CT molecular complexity index is 263. The Morgan fingerprint density at radius 3 is 2.55 bits per heavy atom. The van der Waals surface area contributed by atoms with Gasteiger partial charge in [0.05, 0.1) is 11.8 Å². The van der Waals surface area contributed by atoms with Crippen LogP contribution in [0, 0.1) is 12.3 Å². The van der Waals surface area contributed by atoms with E-state index in [2.05, 4.69) is 0 Å². The number of hydrogen-bond donors (Lipinski definition) is 1. The molecule has 0 unspecified atom stereocenters. The van der Waals surface area contributed by atoms with Gasteiger partial charge in [-0.2, -0.15) is 0 Å². The zero-order valence-electron chi connectivity index (χ0n) is 7.01. The summed E-state index contributed by atoms with van der Waals surface area (Å²) < 4.78 is 5.07. The summed E-state index contributed by atoms with van der Waals surface area (Å²) in [6, 6.07) is 1.80. The van der Waals surface area contributed by atoms with Crippen molar-refractivity contribution in [2.75, 3.05) is 14.1 Å². The molecule has 0 aliphatic carbocycles. The van der Waals surface area contributed by atoms with Crippen LogP contribution in [-0.4, -0.2) is 24.8 Å². The number of aryl methyl sites for hydroxylation is 1. The first-order valence-corrected chi connectivity index (χ1v) is 3.43. The van der Waals surface area contributed by atoms with Gasteiger partial charge in [-0.3, -0.25) is 5.41 Å². The molecule has 0 saturated heterocycles. The van der Waals surface area contributed by atoms with Crippen LogP contribution in [0.15, 0.2) is 16.7 Å². The lowest BCUT2D eigenvalue weighted by molar-refractivity contribution is 0.531. The lowest BCUT2D eigenvalue weighted by Gasteiger charge is -2.11. The number of hydrogen-bond acceptors (Lipinski definition) is 2. The van der Waals surface area contributed by atoms with Gasteiger partial charge in [0.2, 0.25) is 0 Å². The maximum atomic E-state index is 7.61. The van der Waals surface area contributed by atoms with E-state index in [0.29, 0.717) is 5.84 Å². The molecule has 60 valence electrons. The van der Waals surface area contributed by atoms with Crippen molar-refractivity contribution >= 4 is 5.84 Å². The summed E-state index contributed by atoms with van der Waals surface area (Å²) in [4.78, 5) is 1.75. The Morgan fingerprint density at radius 1 is 1.55 bits per heavy atom. The summed E-state index contributed by atoms with van der Waals surface area (Å²) in [5.74, 6) is 1.28. The Labute approximate surface area is 66.1 Å². The number of furan rings is 1. The first-order chi connectivity index (χ1) is 5.13. The van der Waals surface area contributed by atoms with Crippen molar-refractivity contribution in [2.24, 2.45) is 0 Å². The highest BCUT2D eigenvalue weighted by atomic mass is 16.3. The lowest BCUT2D eigenvalue weighted by atomic mass is 10.2. The topological polar surface area (TPSA) is 40.2 Å². The highest BCUT2D eigenvalue weighted by Crippen LogP contribution is 2.09. The molecule has 0 amide bonds. The summed E-state index contributed by atoms with van der Waals surface area (Å²) in [7, 11) is 3.68. The van der Waals surface area contributed by atoms with E-state index in [1.165, 1.54) is 0 Å². The maximum Gasteiger partial charge on any atom is 0.131 e. The van der Waals surface area contributed by atoms with Crippen molar-refractivity contribution in [2.45, 2.75) is 6.92 Å². The molecular weight excluding hydrogens is 140 g/mol. The van der Waals surface area contributed by atoms with Crippen molar-refractivity contribution in [3.8, 4) is 0 Å². The standard InChI is InChI=1S/C8H12N2O/c1-6-7(4-5-11-6)8(9)10(2)3/h4-5,9H,1-3H3. The molecule has 0 bridgehead atoms. The molecular formula is C8H12N2O. The summed E-state index contributed by atoms with van der Waals surface area (Å²) >= 11 is 0. The molecule has 0 saturated carbocycles. The van der Waals surface area contributed by atoms with Crippen LogP contribution in [0.3, 0.4) is 0 Å². The molecule has 3 nitrogen and oxygen atoms in total. The third-order valence-corrected chi connectivity index (χ3v) is 1.56. The van der Waals surface area contributed by atoms with E-state index in [1.807, 2.05) is 21.0 Å². The van der Waals surface area contributed by atoms with E-state index in [4.69, 9.17) is 9.83 Å². The minimum atomic E-state index is 0.483. The van der Waals surface area contributed by atoms with E-state index < -0.39 is 0 Å². The second-order valence-corrected chi connectivity index (χ2v) is 2.63. The van der Waals surface area contributed by atoms with Crippen LogP contribution < -0.4 is 0 Å². The monoisotopic (exact) mass is 152 g/mol. The van der Waals surface area contributed by atoms with Crippen molar-refractivity contribution in [1.29, 1.82) is 5.41 Å². The maximum absolute atomic E-state index is 7.61. The van der Waals surface area contributed by atoms with Crippen LogP contribution >= 0.6 is 0 Å². The van der Waals surface area contributed by atoms with Crippen molar-refractivity contribution < 1.29 is 4.42 Å². The Kier molecular flexibility index (Phi) is 1.98. The summed E-state index contributed by atoms with van der Waals surface area (Å²) in [5.41, 5.74) is 0.856. The van der Waals surface area contributed by atoms with Crippen molar-refractivity contribution in [3.63, 3.8) is 0 Å². The van der Waals surface area contributed by atoms with E-state index in [9.17, 15) is 0 Å². The van der Waals surface area contributed by atoms with Crippen LogP contribution in [0.2, 0.25) is 0 Å². The first-order valence-electron chi connectivity index (χ1n) is 3.43. The van der Waals surface area contributed by atoms with Gasteiger partial charge in [0.15, 0.2) is 0 Å². The normalized spacial score (nSPS) is 9.73. The molecule has 1 N–H and O–H groups in total. The molecule has 0 aliphatic rings. The molecule has 0 fully saturated rings. The smallest absolute Gasteiger partial charge is 0.131 e. The molecule has 1 rings (SSSR count). The molecule has 0 aromatic carbocycles. The zero-order valence-corrected chi connectivity index (χ0v) is 7.01. The van der Waals surface area contributed by atoms with Crippen molar-refractivity contribution in [1.82, 2.24) is 4.90 Å². The quantitative estimate of drug-likeness (QED) is 0.489. The third kappa shape index (κ3) is 1.42. The van der Waals surface area contributed by atoms with E-state index in [0.717, 1.165) is 11.3 Å². The van der Waals surface area contributed by atoms with Crippen LogP contribution in [0.5, 0.6) is 0 Å². The minimum absolute atomic E-state index is 0.483. The number of amidine groups is 1. The third-order valence-electron chi connectivity index (χ3n) is 1.56. The van der Waals surface area contributed by atoms with Crippen LogP contribution in [0.4, 0.5) is 0 Å². The molecule has 0 aliphatic heterocycles. The molecule has 0 radical (unpaired) electrons. The van der Waals surface area contributed by atoms with Gasteiger partial charge in [-0.15, -0.1) is 0 Å². The van der Waals surface area contributed by atoms with E-state index >= 15 is 0 Å². The average molecular weight is 152 g/mol. The predicted octanol–water partition coefficient (Wildman–Crippen LogP) is 1.47. The van der Waals surface area contributed by atoms with Crippen molar-refractivity contribution in [3.05, 3.63) is 23.7 Å². The van der Waals surface area contributed by atoms with E-state index in [-0.39, 0.29) is 0 Å². The van der Waals surface area contributed by atoms with E-state index in [1.54, 1.807) is 17.2 Å². The molecule has 11 heavy (non-hydrogen) atoms. The van der Waals surface area contributed by atoms with Crippen LogP contribution in [0.25, 0.3) is 0 Å². The lowest BCUT2D eigenvalue weighted by Crippen LogP contribution is -2.21.